The summed E-state index contributed by atoms with van der Waals surface area (Å²) in [5.74, 6) is 0.807. The molecule has 0 amide bonds. The lowest BCUT2D eigenvalue weighted by Crippen LogP contribution is -2.31. The van der Waals surface area contributed by atoms with E-state index in [4.69, 9.17) is 9.72 Å². The average Bonchev–Trinajstić information content (AvgIpc) is 3.38. The van der Waals surface area contributed by atoms with Crippen LogP contribution in [0.2, 0.25) is 0 Å². The minimum absolute atomic E-state index is 0.0828. The Labute approximate surface area is 171 Å². The van der Waals surface area contributed by atoms with Crippen molar-refractivity contribution in [2.75, 3.05) is 13.7 Å². The summed E-state index contributed by atoms with van der Waals surface area (Å²) in [6.07, 6.45) is 5.26. The van der Waals surface area contributed by atoms with Crippen LogP contribution in [0.4, 0.5) is 0 Å². The van der Waals surface area contributed by atoms with Crippen molar-refractivity contribution in [3.8, 4) is 5.75 Å². The normalized spacial score (nSPS) is 17.5. The van der Waals surface area contributed by atoms with Crippen LogP contribution in [-0.2, 0) is 23.5 Å². The second kappa shape index (κ2) is 7.96. The smallest absolute Gasteiger partial charge is 0.262 e. The first-order valence-corrected chi connectivity index (χ1v) is 11.0. The van der Waals surface area contributed by atoms with Crippen molar-refractivity contribution in [2.24, 2.45) is 7.05 Å². The van der Waals surface area contributed by atoms with E-state index in [0.29, 0.717) is 13.0 Å². The first-order chi connectivity index (χ1) is 14.0. The van der Waals surface area contributed by atoms with Gasteiger partial charge in [0, 0.05) is 31.9 Å². The summed E-state index contributed by atoms with van der Waals surface area (Å²) in [6, 6.07) is 13.4. The molecule has 1 atom stereocenters. The van der Waals surface area contributed by atoms with Crippen LogP contribution in [0.3, 0.4) is 0 Å². The molecule has 29 heavy (non-hydrogen) atoms. The summed E-state index contributed by atoms with van der Waals surface area (Å²) in [5, 5.41) is 0.0828. The minimum atomic E-state index is -3.65. The molecule has 7 nitrogen and oxygen atoms in total. The van der Waals surface area contributed by atoms with Crippen molar-refractivity contribution >= 4 is 10.0 Å². The highest BCUT2D eigenvalue weighted by atomic mass is 32.2. The molecule has 1 aromatic carbocycles. The van der Waals surface area contributed by atoms with Gasteiger partial charge in [0.15, 0.2) is 5.03 Å². The number of hydrogen-bond acceptors (Lipinski definition) is 5. The highest BCUT2D eigenvalue weighted by Crippen LogP contribution is 2.35. The molecular formula is C21H24N4O3S. The Balaban J connectivity index is 1.60. The molecular weight excluding hydrogens is 388 g/mol. The van der Waals surface area contributed by atoms with Gasteiger partial charge in [-0.3, -0.25) is 4.98 Å². The zero-order chi connectivity index (χ0) is 20.4. The molecule has 1 saturated heterocycles. The second-order valence-electron chi connectivity index (χ2n) is 7.23. The topological polar surface area (TPSA) is 77.3 Å². The molecule has 0 N–H and O–H groups in total. The van der Waals surface area contributed by atoms with Crippen molar-refractivity contribution in [2.45, 2.75) is 30.3 Å². The van der Waals surface area contributed by atoms with Gasteiger partial charge in [0.2, 0.25) is 0 Å². The molecule has 0 aliphatic carbocycles. The van der Waals surface area contributed by atoms with Crippen LogP contribution in [0.1, 0.15) is 35.8 Å². The molecule has 4 rings (SSSR count). The summed E-state index contributed by atoms with van der Waals surface area (Å²) in [7, 11) is -0.243. The molecule has 3 heterocycles. The van der Waals surface area contributed by atoms with Crippen molar-refractivity contribution in [1.29, 1.82) is 0 Å². The first-order valence-electron chi connectivity index (χ1n) is 9.56. The van der Waals surface area contributed by atoms with Crippen LogP contribution in [0.5, 0.6) is 5.75 Å². The number of ether oxygens (including phenoxy) is 1. The molecule has 3 aromatic rings. The number of sulfonamides is 1. The van der Waals surface area contributed by atoms with Crippen LogP contribution in [-0.4, -0.2) is 40.9 Å². The van der Waals surface area contributed by atoms with E-state index in [1.54, 1.807) is 18.7 Å². The third-order valence-corrected chi connectivity index (χ3v) is 6.94. The number of imidazole rings is 1. The predicted molar refractivity (Wildman–Crippen MR) is 109 cm³/mol. The van der Waals surface area contributed by atoms with E-state index in [1.165, 1.54) is 16.8 Å². The fourth-order valence-corrected chi connectivity index (χ4v) is 5.38. The van der Waals surface area contributed by atoms with E-state index in [0.717, 1.165) is 35.5 Å². The maximum absolute atomic E-state index is 13.1. The number of benzene rings is 1. The van der Waals surface area contributed by atoms with Gasteiger partial charge in [0.1, 0.15) is 5.75 Å². The lowest BCUT2D eigenvalue weighted by atomic mass is 10.1. The van der Waals surface area contributed by atoms with Crippen LogP contribution in [0, 0.1) is 0 Å². The highest BCUT2D eigenvalue weighted by Gasteiger charge is 2.38. The molecule has 2 aromatic heterocycles. The molecule has 0 spiro atoms. The van der Waals surface area contributed by atoms with E-state index in [-0.39, 0.29) is 11.1 Å². The average molecular weight is 413 g/mol. The third kappa shape index (κ3) is 4.04. The molecule has 0 unspecified atom stereocenters. The van der Waals surface area contributed by atoms with Crippen molar-refractivity contribution in [3.05, 3.63) is 71.9 Å². The molecule has 1 aliphatic heterocycles. The van der Waals surface area contributed by atoms with Crippen LogP contribution < -0.4 is 4.74 Å². The van der Waals surface area contributed by atoms with Gasteiger partial charge >= 0.3 is 0 Å². The summed E-state index contributed by atoms with van der Waals surface area (Å²) < 4.78 is 34.6. The number of nitrogens with zero attached hydrogens (tertiary/aromatic N) is 4. The van der Waals surface area contributed by atoms with Crippen LogP contribution >= 0.6 is 0 Å². The minimum Gasteiger partial charge on any atom is -0.497 e. The Hall–Kier alpha value is -2.71. The van der Waals surface area contributed by atoms with E-state index in [9.17, 15) is 8.42 Å². The number of rotatable bonds is 6. The zero-order valence-corrected chi connectivity index (χ0v) is 17.3. The van der Waals surface area contributed by atoms with Gasteiger partial charge in [0.25, 0.3) is 10.0 Å². The Morgan fingerprint density at radius 2 is 2.03 bits per heavy atom. The van der Waals surface area contributed by atoms with Gasteiger partial charge in [0.05, 0.1) is 25.2 Å². The molecule has 8 heteroatoms. The Kier molecular flexibility index (Phi) is 5.38. The van der Waals surface area contributed by atoms with Gasteiger partial charge in [-0.2, -0.15) is 4.31 Å². The fourth-order valence-electron chi connectivity index (χ4n) is 3.74. The molecule has 1 fully saturated rings. The molecule has 1 aliphatic rings. The van der Waals surface area contributed by atoms with Crippen LogP contribution in [0.15, 0.2) is 60.0 Å². The second-order valence-corrected chi connectivity index (χ2v) is 9.07. The van der Waals surface area contributed by atoms with E-state index < -0.39 is 10.0 Å². The molecule has 0 saturated carbocycles. The van der Waals surface area contributed by atoms with Crippen molar-refractivity contribution in [1.82, 2.24) is 18.8 Å². The Morgan fingerprint density at radius 1 is 1.21 bits per heavy atom. The monoisotopic (exact) mass is 412 g/mol. The summed E-state index contributed by atoms with van der Waals surface area (Å²) in [4.78, 5) is 8.85. The number of methoxy groups -OCH3 is 1. The Morgan fingerprint density at radius 3 is 2.79 bits per heavy atom. The van der Waals surface area contributed by atoms with Gasteiger partial charge in [-0.05, 0) is 42.7 Å². The standard InChI is InChI=1S/C21H24N4O3S/c1-24-14-21(22-15-24)29(26,27)25-11-5-10-20(25)19-9-4-7-17(23-19)12-16-6-3-8-18(13-16)28-2/h3-4,6-9,13-15,20H,5,10-12H2,1-2H3/t20-/m0/s1. The fraction of sp³-hybridized carbons (Fsp3) is 0.333. The van der Waals surface area contributed by atoms with Gasteiger partial charge < -0.3 is 9.30 Å². The highest BCUT2D eigenvalue weighted by molar-refractivity contribution is 7.89. The maximum Gasteiger partial charge on any atom is 0.262 e. The summed E-state index contributed by atoms with van der Waals surface area (Å²) in [5.41, 5.74) is 2.78. The Bertz CT molecular complexity index is 1110. The quantitative estimate of drug-likeness (QED) is 0.622. The summed E-state index contributed by atoms with van der Waals surface area (Å²) >= 11 is 0. The zero-order valence-electron chi connectivity index (χ0n) is 16.5. The van der Waals surface area contributed by atoms with Crippen molar-refractivity contribution in [3.63, 3.8) is 0 Å². The predicted octanol–water partition coefficient (Wildman–Crippen LogP) is 2.94. The number of hydrogen-bond donors (Lipinski definition) is 0. The maximum atomic E-state index is 13.1. The lowest BCUT2D eigenvalue weighted by Gasteiger charge is -2.23. The number of pyridine rings is 1. The first kappa shape index (κ1) is 19.6. The molecule has 0 bridgehead atoms. The molecule has 0 radical (unpaired) electrons. The number of aryl methyl sites for hydroxylation is 1. The summed E-state index contributed by atoms with van der Waals surface area (Å²) in [6.45, 7) is 0.478. The van der Waals surface area contributed by atoms with Crippen LogP contribution in [0.25, 0.3) is 0 Å². The van der Waals surface area contributed by atoms with Gasteiger partial charge in [-0.15, -0.1) is 0 Å². The third-order valence-electron chi connectivity index (χ3n) is 5.15. The van der Waals surface area contributed by atoms with Gasteiger partial charge in [-0.25, -0.2) is 13.4 Å². The largest absolute Gasteiger partial charge is 0.497 e. The lowest BCUT2D eigenvalue weighted by molar-refractivity contribution is 0.388. The molecule has 152 valence electrons. The van der Waals surface area contributed by atoms with Gasteiger partial charge in [-0.1, -0.05) is 18.2 Å². The van der Waals surface area contributed by atoms with E-state index in [2.05, 4.69) is 4.98 Å². The van der Waals surface area contributed by atoms with Crippen molar-refractivity contribution < 1.29 is 13.2 Å². The van der Waals surface area contributed by atoms with E-state index in [1.807, 2.05) is 42.5 Å². The SMILES string of the molecule is COc1cccc(Cc2cccc([C@@H]3CCCN3S(=O)(=O)c3cn(C)cn3)n2)c1. The van der Waals surface area contributed by atoms with E-state index >= 15 is 0 Å². The number of aromatic nitrogens is 3.